The van der Waals surface area contributed by atoms with E-state index in [1.165, 1.54) is 12.1 Å². The lowest BCUT2D eigenvalue weighted by molar-refractivity contribution is -0.121. The zero-order chi connectivity index (χ0) is 32.9. The number of amides is 3. The molecule has 0 aliphatic carbocycles. The highest BCUT2D eigenvalue weighted by atomic mass is 19.1. The number of carbonyl (C=O) groups excluding carboxylic acids is 3. The average Bonchev–Trinajstić information content (AvgIpc) is 3.34. The van der Waals surface area contributed by atoms with Gasteiger partial charge in [0.2, 0.25) is 5.91 Å². The molecule has 0 N–H and O–H groups in total. The number of fused-ring (bicyclic) bond motifs is 1. The Morgan fingerprint density at radius 1 is 1.07 bits per heavy atom. The zero-order valence-corrected chi connectivity index (χ0v) is 27.7. The Morgan fingerprint density at radius 3 is 2.38 bits per heavy atom. The van der Waals surface area contributed by atoms with Crippen LogP contribution >= 0.6 is 0 Å². The third-order valence-electron chi connectivity index (χ3n) is 8.58. The molecule has 11 heteroatoms. The summed E-state index contributed by atoms with van der Waals surface area (Å²) in [5, 5.41) is 0. The number of anilines is 1. The van der Waals surface area contributed by atoms with Gasteiger partial charge < -0.3 is 24.2 Å². The topological polar surface area (TPSA) is 95.5 Å². The molecule has 1 aromatic carbocycles. The Labute approximate surface area is 265 Å². The first-order chi connectivity index (χ1) is 20.9. The van der Waals surface area contributed by atoms with E-state index in [0.717, 1.165) is 22.5 Å². The van der Waals surface area contributed by atoms with Gasteiger partial charge in [0.15, 0.2) is 0 Å². The number of nitrogens with zero attached hydrogens (tertiary/aromatic N) is 5. The maximum absolute atomic E-state index is 14.1. The minimum atomic E-state index is -0.651. The van der Waals surface area contributed by atoms with Gasteiger partial charge in [0.25, 0.3) is 0 Å². The highest BCUT2D eigenvalue weighted by Gasteiger charge is 2.45. The first kappa shape index (κ1) is 32.7. The fourth-order valence-corrected chi connectivity index (χ4v) is 6.50. The Kier molecular flexibility index (Phi) is 8.63. The monoisotopic (exact) mass is 623 g/mol. The van der Waals surface area contributed by atoms with Gasteiger partial charge in [-0.25, -0.2) is 14.0 Å². The number of aromatic nitrogens is 1. The second kappa shape index (κ2) is 11.9. The second-order valence-corrected chi connectivity index (χ2v) is 15.0. The summed E-state index contributed by atoms with van der Waals surface area (Å²) in [5.74, 6) is -0.357. The van der Waals surface area contributed by atoms with Crippen molar-refractivity contribution in [2.75, 3.05) is 44.2 Å². The molecule has 0 spiro atoms. The summed E-state index contributed by atoms with van der Waals surface area (Å²) >= 11 is 0. The molecule has 0 radical (unpaired) electrons. The highest BCUT2D eigenvalue weighted by Crippen LogP contribution is 2.40. The van der Waals surface area contributed by atoms with Crippen molar-refractivity contribution in [2.45, 2.75) is 90.5 Å². The fourth-order valence-electron chi connectivity index (χ4n) is 6.50. The van der Waals surface area contributed by atoms with Crippen molar-refractivity contribution >= 4 is 23.8 Å². The van der Waals surface area contributed by atoms with E-state index >= 15 is 0 Å². The molecular formula is C34H46FN5O5. The minimum absolute atomic E-state index is 0.0743. The Bertz CT molecular complexity index is 1450. The molecule has 0 saturated carbocycles. The van der Waals surface area contributed by atoms with Gasteiger partial charge in [0.05, 0.1) is 24.5 Å². The fraction of sp³-hybridized carbons (Fsp3) is 0.588. The molecule has 3 aliphatic rings. The molecule has 10 nitrogen and oxygen atoms in total. The first-order valence-electron chi connectivity index (χ1n) is 15.7. The van der Waals surface area contributed by atoms with Crippen LogP contribution in [-0.2, 0) is 26.1 Å². The molecule has 3 aliphatic heterocycles. The van der Waals surface area contributed by atoms with E-state index in [-0.39, 0.29) is 35.8 Å². The van der Waals surface area contributed by atoms with Crippen LogP contribution < -0.4 is 4.90 Å². The van der Waals surface area contributed by atoms with Gasteiger partial charge in [-0.3, -0.25) is 14.7 Å². The maximum atomic E-state index is 14.1. The number of cyclic esters (lactones) is 1. The molecule has 0 bridgehead atoms. The predicted octanol–water partition coefficient (Wildman–Crippen LogP) is 4.98. The lowest BCUT2D eigenvalue weighted by Crippen LogP contribution is -2.63. The summed E-state index contributed by atoms with van der Waals surface area (Å²) in [6.07, 6.45) is 1.59. The Balaban J connectivity index is 1.37. The van der Waals surface area contributed by atoms with Gasteiger partial charge in [0.1, 0.15) is 17.0 Å². The third-order valence-corrected chi connectivity index (χ3v) is 8.58. The standard InChI is InChI=1S/C34H46FN5O5/c1-22-16-37(26(17-38-21-34(7,8)45-30(38)42)18-39(22)31(43)44-32(2,3)4)19-28(41)40-20-33(5,6)29-27(40)14-24(15-36-29)13-23-9-11-25(35)12-10-23/h9-12,14-15,22,26H,13,16-21H2,1-8H3/t22-,26+/m1/s1. The van der Waals surface area contributed by atoms with Gasteiger partial charge in [-0.1, -0.05) is 26.0 Å². The van der Waals surface area contributed by atoms with E-state index < -0.39 is 23.4 Å². The van der Waals surface area contributed by atoms with Crippen molar-refractivity contribution in [3.8, 4) is 0 Å². The number of carbonyl (C=O) groups is 3. The maximum Gasteiger partial charge on any atom is 0.410 e. The van der Waals surface area contributed by atoms with E-state index in [1.807, 2.05) is 58.7 Å². The van der Waals surface area contributed by atoms with Gasteiger partial charge in [-0.05, 0) is 77.3 Å². The lowest BCUT2D eigenvalue weighted by atomic mass is 9.91. The van der Waals surface area contributed by atoms with Crippen molar-refractivity contribution in [3.63, 3.8) is 0 Å². The number of pyridine rings is 1. The number of piperazine rings is 1. The zero-order valence-electron chi connectivity index (χ0n) is 27.7. The molecule has 3 amide bonds. The van der Waals surface area contributed by atoms with Crippen LogP contribution in [0.15, 0.2) is 36.5 Å². The summed E-state index contributed by atoms with van der Waals surface area (Å²) < 4.78 is 24.7. The normalized spacial score (nSPS) is 22.8. The molecule has 1 aromatic heterocycles. The Hall–Kier alpha value is -3.73. The summed E-state index contributed by atoms with van der Waals surface area (Å²) in [7, 11) is 0. The smallest absolute Gasteiger partial charge is 0.410 e. The third kappa shape index (κ3) is 7.40. The number of hydrogen-bond donors (Lipinski definition) is 0. The summed E-state index contributed by atoms with van der Waals surface area (Å²) in [4.78, 5) is 52.1. The van der Waals surface area contributed by atoms with Gasteiger partial charge in [-0.2, -0.15) is 0 Å². The second-order valence-electron chi connectivity index (χ2n) is 15.0. The molecule has 4 heterocycles. The van der Waals surface area contributed by atoms with Crippen LogP contribution in [0.2, 0.25) is 0 Å². The highest BCUT2D eigenvalue weighted by molar-refractivity contribution is 5.97. The summed E-state index contributed by atoms with van der Waals surface area (Å²) in [6.45, 7) is 17.4. The van der Waals surface area contributed by atoms with E-state index in [4.69, 9.17) is 14.5 Å². The van der Waals surface area contributed by atoms with E-state index in [1.54, 1.807) is 21.9 Å². The molecule has 2 aromatic rings. The van der Waals surface area contributed by atoms with Crippen LogP contribution in [0.4, 0.5) is 19.7 Å². The van der Waals surface area contributed by atoms with Gasteiger partial charge in [0, 0.05) is 49.9 Å². The van der Waals surface area contributed by atoms with Crippen LogP contribution in [0.3, 0.4) is 0 Å². The summed E-state index contributed by atoms with van der Waals surface area (Å²) in [6, 6.07) is 7.89. The number of rotatable bonds is 6. The molecule has 2 saturated heterocycles. The van der Waals surface area contributed by atoms with Crippen molar-refractivity contribution in [2.24, 2.45) is 0 Å². The summed E-state index contributed by atoms with van der Waals surface area (Å²) in [5.41, 5.74) is 1.93. The number of benzene rings is 1. The molecular weight excluding hydrogens is 577 g/mol. The van der Waals surface area contributed by atoms with Crippen molar-refractivity contribution < 1.29 is 28.2 Å². The SMILES string of the molecule is C[C@@H]1CN(CC(=O)N2CC(C)(C)c3ncc(Cc4ccc(F)cc4)cc32)[C@@H](CN2CC(C)(C)OC2=O)CN1C(=O)OC(C)(C)C. The van der Waals surface area contributed by atoms with Crippen molar-refractivity contribution in [1.29, 1.82) is 0 Å². The largest absolute Gasteiger partial charge is 0.444 e. The van der Waals surface area contributed by atoms with Gasteiger partial charge in [-0.15, -0.1) is 0 Å². The minimum Gasteiger partial charge on any atom is -0.444 e. The number of hydrogen-bond acceptors (Lipinski definition) is 7. The Morgan fingerprint density at radius 2 is 1.76 bits per heavy atom. The number of halogens is 1. The predicted molar refractivity (Wildman–Crippen MR) is 169 cm³/mol. The molecule has 2 fully saturated rings. The molecule has 5 rings (SSSR count). The molecule has 244 valence electrons. The van der Waals surface area contributed by atoms with E-state index in [2.05, 4.69) is 18.7 Å². The average molecular weight is 624 g/mol. The molecule has 2 atom stereocenters. The quantitative estimate of drug-likeness (QED) is 0.448. The van der Waals surface area contributed by atoms with E-state index in [0.29, 0.717) is 39.1 Å². The van der Waals surface area contributed by atoms with Crippen LogP contribution in [-0.4, -0.2) is 100 Å². The van der Waals surface area contributed by atoms with Crippen LogP contribution in [0.1, 0.15) is 72.2 Å². The van der Waals surface area contributed by atoms with Crippen LogP contribution in [0.25, 0.3) is 0 Å². The first-order valence-corrected chi connectivity index (χ1v) is 15.7. The lowest BCUT2D eigenvalue weighted by Gasteiger charge is -2.46. The van der Waals surface area contributed by atoms with Gasteiger partial charge >= 0.3 is 12.2 Å². The number of ether oxygens (including phenoxy) is 2. The van der Waals surface area contributed by atoms with Crippen LogP contribution in [0.5, 0.6) is 0 Å². The molecule has 45 heavy (non-hydrogen) atoms. The van der Waals surface area contributed by atoms with E-state index in [9.17, 15) is 18.8 Å². The van der Waals surface area contributed by atoms with Crippen molar-refractivity contribution in [1.82, 2.24) is 19.7 Å². The van der Waals surface area contributed by atoms with Crippen LogP contribution in [0, 0.1) is 5.82 Å². The molecule has 0 unspecified atom stereocenters. The van der Waals surface area contributed by atoms with Crippen molar-refractivity contribution in [3.05, 3.63) is 59.2 Å².